The molecule has 0 bridgehead atoms. The number of nitrogens with two attached hydrogens (primary N) is 1. The Labute approximate surface area is 110 Å². The van der Waals surface area contributed by atoms with Crippen LogP contribution in [0.5, 0.6) is 11.5 Å². The fraction of sp³-hybridized carbons (Fsp3) is 0.143. The van der Waals surface area contributed by atoms with E-state index in [0.717, 1.165) is 21.3 Å². The monoisotopic (exact) mass is 291 g/mol. The van der Waals surface area contributed by atoms with Crippen molar-refractivity contribution in [1.82, 2.24) is 0 Å². The lowest BCUT2D eigenvalue weighted by Gasteiger charge is -2.11. The van der Waals surface area contributed by atoms with Gasteiger partial charge in [-0.15, -0.1) is 0 Å². The Morgan fingerprint density at radius 1 is 1.00 bits per heavy atom. The summed E-state index contributed by atoms with van der Waals surface area (Å²) in [5, 5.41) is 0. The fourth-order valence-corrected chi connectivity index (χ4v) is 2.08. The molecule has 3 heteroatoms. The number of hydrogen-bond donors (Lipinski definition) is 1. The maximum absolute atomic E-state index is 5.91. The maximum Gasteiger partial charge on any atom is 0.150 e. The number of hydrogen-bond acceptors (Lipinski definition) is 2. The Morgan fingerprint density at radius 2 is 1.71 bits per heavy atom. The Bertz CT molecular complexity index is 502. The van der Waals surface area contributed by atoms with Crippen LogP contribution in [0.15, 0.2) is 40.9 Å². The van der Waals surface area contributed by atoms with E-state index in [4.69, 9.17) is 10.5 Å². The zero-order valence-electron chi connectivity index (χ0n) is 9.83. The van der Waals surface area contributed by atoms with E-state index < -0.39 is 0 Å². The molecule has 0 saturated heterocycles. The van der Waals surface area contributed by atoms with E-state index in [1.807, 2.05) is 50.2 Å². The van der Waals surface area contributed by atoms with Gasteiger partial charge >= 0.3 is 0 Å². The van der Waals surface area contributed by atoms with Crippen molar-refractivity contribution in [2.75, 3.05) is 5.73 Å². The lowest BCUT2D eigenvalue weighted by Crippen LogP contribution is -1.94. The van der Waals surface area contributed by atoms with Gasteiger partial charge in [0.1, 0.15) is 11.5 Å². The van der Waals surface area contributed by atoms with Crippen molar-refractivity contribution in [3.8, 4) is 11.5 Å². The minimum Gasteiger partial charge on any atom is -0.455 e. The summed E-state index contributed by atoms with van der Waals surface area (Å²) in [6, 6.07) is 11.7. The summed E-state index contributed by atoms with van der Waals surface area (Å²) in [5.74, 6) is 1.52. The fourth-order valence-electron chi connectivity index (χ4n) is 1.61. The van der Waals surface area contributed by atoms with Crippen molar-refractivity contribution >= 4 is 21.6 Å². The molecule has 2 aromatic rings. The van der Waals surface area contributed by atoms with Gasteiger partial charge in [-0.25, -0.2) is 0 Å². The van der Waals surface area contributed by atoms with Gasteiger partial charge < -0.3 is 10.5 Å². The smallest absolute Gasteiger partial charge is 0.150 e. The molecule has 2 nitrogen and oxygen atoms in total. The second-order valence-electron chi connectivity index (χ2n) is 4.05. The molecule has 2 rings (SSSR count). The Hall–Kier alpha value is -1.48. The van der Waals surface area contributed by atoms with Crippen molar-refractivity contribution in [3.05, 3.63) is 52.0 Å². The van der Waals surface area contributed by atoms with Gasteiger partial charge in [-0.05, 0) is 55.3 Å². The summed E-state index contributed by atoms with van der Waals surface area (Å²) >= 11 is 3.43. The number of aryl methyl sites for hydroxylation is 2. The average Bonchev–Trinajstić information content (AvgIpc) is 2.25. The summed E-state index contributed by atoms with van der Waals surface area (Å²) in [4.78, 5) is 0. The Morgan fingerprint density at radius 3 is 2.35 bits per heavy atom. The van der Waals surface area contributed by atoms with Crippen molar-refractivity contribution in [3.63, 3.8) is 0 Å². The first kappa shape index (κ1) is 12.0. The zero-order valence-corrected chi connectivity index (χ0v) is 11.4. The van der Waals surface area contributed by atoms with E-state index in [1.54, 1.807) is 0 Å². The van der Waals surface area contributed by atoms with Crippen LogP contribution >= 0.6 is 15.9 Å². The maximum atomic E-state index is 5.91. The normalized spacial score (nSPS) is 10.3. The third-order valence-corrected chi connectivity index (χ3v) is 3.02. The molecule has 0 fully saturated rings. The highest BCUT2D eigenvalue weighted by atomic mass is 79.9. The number of nitrogen functional groups attached to an aromatic ring is 1. The van der Waals surface area contributed by atoms with Gasteiger partial charge in [0.25, 0.3) is 0 Å². The predicted molar refractivity (Wildman–Crippen MR) is 74.5 cm³/mol. The molecule has 0 spiro atoms. The highest BCUT2D eigenvalue weighted by Gasteiger charge is 2.05. The number of benzene rings is 2. The Kier molecular flexibility index (Phi) is 3.38. The minimum absolute atomic E-state index is 0.660. The first-order valence-corrected chi connectivity index (χ1v) is 6.15. The van der Waals surface area contributed by atoms with Crippen LogP contribution in [0.2, 0.25) is 0 Å². The van der Waals surface area contributed by atoms with Crippen LogP contribution in [0.4, 0.5) is 5.69 Å². The molecule has 17 heavy (non-hydrogen) atoms. The van der Waals surface area contributed by atoms with Crippen molar-refractivity contribution in [2.24, 2.45) is 0 Å². The quantitative estimate of drug-likeness (QED) is 0.830. The first-order valence-electron chi connectivity index (χ1n) is 5.36. The predicted octanol–water partition coefficient (Wildman–Crippen LogP) is 4.44. The Balaban J connectivity index is 2.31. The topological polar surface area (TPSA) is 35.2 Å². The number of halogens is 1. The van der Waals surface area contributed by atoms with Gasteiger partial charge in [0.05, 0.1) is 5.69 Å². The molecule has 2 aromatic carbocycles. The molecule has 0 radical (unpaired) electrons. The van der Waals surface area contributed by atoms with E-state index in [1.165, 1.54) is 0 Å². The molecule has 0 saturated carbocycles. The van der Waals surface area contributed by atoms with Crippen LogP contribution in [-0.4, -0.2) is 0 Å². The standard InChI is InChI=1S/C14H14BrNO/c1-9-3-5-14(12(16)7-9)17-13-6-4-11(15)8-10(13)2/h3-8H,16H2,1-2H3. The van der Waals surface area contributed by atoms with E-state index in [0.29, 0.717) is 11.4 Å². The van der Waals surface area contributed by atoms with Gasteiger partial charge in [-0.3, -0.25) is 0 Å². The second-order valence-corrected chi connectivity index (χ2v) is 4.97. The molecule has 0 aliphatic carbocycles. The highest BCUT2D eigenvalue weighted by Crippen LogP contribution is 2.31. The summed E-state index contributed by atoms with van der Waals surface area (Å²) in [7, 11) is 0. The van der Waals surface area contributed by atoms with E-state index in [9.17, 15) is 0 Å². The molecule has 88 valence electrons. The summed E-state index contributed by atoms with van der Waals surface area (Å²) < 4.78 is 6.85. The van der Waals surface area contributed by atoms with Crippen molar-refractivity contribution in [2.45, 2.75) is 13.8 Å². The van der Waals surface area contributed by atoms with Gasteiger partial charge in [-0.2, -0.15) is 0 Å². The second kappa shape index (κ2) is 4.80. The van der Waals surface area contributed by atoms with Gasteiger partial charge in [0.2, 0.25) is 0 Å². The molecule has 0 heterocycles. The minimum atomic E-state index is 0.660. The molecular weight excluding hydrogens is 278 g/mol. The third-order valence-electron chi connectivity index (χ3n) is 2.52. The van der Waals surface area contributed by atoms with Crippen LogP contribution < -0.4 is 10.5 Å². The SMILES string of the molecule is Cc1ccc(Oc2ccc(Br)cc2C)c(N)c1. The lowest BCUT2D eigenvalue weighted by atomic mass is 10.2. The van der Waals surface area contributed by atoms with Gasteiger partial charge in [-0.1, -0.05) is 22.0 Å². The van der Waals surface area contributed by atoms with Crippen molar-refractivity contribution < 1.29 is 4.74 Å². The molecule has 0 unspecified atom stereocenters. The van der Waals surface area contributed by atoms with Gasteiger partial charge in [0, 0.05) is 4.47 Å². The summed E-state index contributed by atoms with van der Waals surface area (Å²) in [5.41, 5.74) is 8.77. The number of anilines is 1. The van der Waals surface area contributed by atoms with Gasteiger partial charge in [0.15, 0.2) is 0 Å². The molecule has 0 atom stereocenters. The molecule has 0 aliphatic heterocycles. The molecule has 0 aliphatic rings. The van der Waals surface area contributed by atoms with Crippen LogP contribution in [0.1, 0.15) is 11.1 Å². The molecular formula is C14H14BrNO. The van der Waals surface area contributed by atoms with E-state index in [-0.39, 0.29) is 0 Å². The van der Waals surface area contributed by atoms with Crippen LogP contribution in [-0.2, 0) is 0 Å². The van der Waals surface area contributed by atoms with E-state index >= 15 is 0 Å². The molecule has 2 N–H and O–H groups in total. The number of rotatable bonds is 2. The number of ether oxygens (including phenoxy) is 1. The molecule has 0 aromatic heterocycles. The largest absolute Gasteiger partial charge is 0.455 e. The third kappa shape index (κ3) is 2.80. The lowest BCUT2D eigenvalue weighted by molar-refractivity contribution is 0.481. The summed E-state index contributed by atoms with van der Waals surface area (Å²) in [6.07, 6.45) is 0. The van der Waals surface area contributed by atoms with Crippen LogP contribution in [0.3, 0.4) is 0 Å². The highest BCUT2D eigenvalue weighted by molar-refractivity contribution is 9.10. The van der Waals surface area contributed by atoms with Crippen LogP contribution in [0.25, 0.3) is 0 Å². The van der Waals surface area contributed by atoms with E-state index in [2.05, 4.69) is 15.9 Å². The first-order chi connectivity index (χ1) is 8.06. The average molecular weight is 292 g/mol. The van der Waals surface area contributed by atoms with Crippen LogP contribution in [0, 0.1) is 13.8 Å². The molecule has 0 amide bonds. The van der Waals surface area contributed by atoms with Crippen molar-refractivity contribution in [1.29, 1.82) is 0 Å². The summed E-state index contributed by atoms with van der Waals surface area (Å²) in [6.45, 7) is 4.01. The zero-order chi connectivity index (χ0) is 12.4.